The van der Waals surface area contributed by atoms with Crippen LogP contribution in [0.5, 0.6) is 11.5 Å². The first kappa shape index (κ1) is 9.83. The number of hydrogen-bond donors (Lipinski definition) is 4. The Morgan fingerprint density at radius 3 is 2.38 bits per heavy atom. The molecule has 0 aliphatic heterocycles. The zero-order valence-electron chi connectivity index (χ0n) is 7.01. The molecule has 1 aromatic rings. The fourth-order valence-electron chi connectivity index (χ4n) is 1.04. The Morgan fingerprint density at radius 2 is 1.85 bits per heavy atom. The van der Waals surface area contributed by atoms with Gasteiger partial charge in [-0.15, -0.1) is 0 Å². The first-order valence-electron chi connectivity index (χ1n) is 3.96. The van der Waals surface area contributed by atoms with Gasteiger partial charge in [0, 0.05) is 13.0 Å². The van der Waals surface area contributed by atoms with E-state index in [2.05, 4.69) is 0 Å². The average Bonchev–Trinajstić information content (AvgIpc) is 2.10. The monoisotopic (exact) mass is 184 g/mol. The lowest BCUT2D eigenvalue weighted by molar-refractivity contribution is 0.134. The van der Waals surface area contributed by atoms with Gasteiger partial charge in [0.2, 0.25) is 0 Å². The van der Waals surface area contributed by atoms with Gasteiger partial charge in [-0.1, -0.05) is 6.07 Å². The van der Waals surface area contributed by atoms with Gasteiger partial charge in [0.25, 0.3) is 0 Å². The molecule has 13 heavy (non-hydrogen) atoms. The van der Waals surface area contributed by atoms with Crippen LogP contribution in [0, 0.1) is 0 Å². The average molecular weight is 184 g/mol. The molecule has 1 atom stereocenters. The highest BCUT2D eigenvalue weighted by molar-refractivity contribution is 5.41. The van der Waals surface area contributed by atoms with Gasteiger partial charge in [0.05, 0.1) is 6.10 Å². The number of phenols is 2. The molecule has 0 aliphatic rings. The third kappa shape index (κ3) is 2.34. The molecule has 1 rings (SSSR count). The van der Waals surface area contributed by atoms with Crippen molar-refractivity contribution in [2.45, 2.75) is 12.5 Å². The van der Waals surface area contributed by atoms with E-state index in [0.29, 0.717) is 5.56 Å². The second kappa shape index (κ2) is 4.11. The highest BCUT2D eigenvalue weighted by Gasteiger charge is 2.08. The van der Waals surface area contributed by atoms with Crippen LogP contribution < -0.4 is 0 Å². The lowest BCUT2D eigenvalue weighted by Crippen LogP contribution is -1.99. The number of aromatic hydroxyl groups is 2. The fraction of sp³-hybridized carbons (Fsp3) is 0.333. The zero-order chi connectivity index (χ0) is 9.84. The largest absolute Gasteiger partial charge is 0.504 e. The normalized spacial score (nSPS) is 12.8. The van der Waals surface area contributed by atoms with Crippen LogP contribution >= 0.6 is 0 Å². The molecule has 0 fully saturated rings. The van der Waals surface area contributed by atoms with Gasteiger partial charge in [-0.2, -0.15) is 0 Å². The molecular formula is C9H12O4. The molecule has 0 amide bonds. The summed E-state index contributed by atoms with van der Waals surface area (Å²) >= 11 is 0. The third-order valence-corrected chi connectivity index (χ3v) is 1.79. The number of hydrogen-bond acceptors (Lipinski definition) is 4. The van der Waals surface area contributed by atoms with Crippen LogP contribution in [0.1, 0.15) is 18.1 Å². The second-order valence-electron chi connectivity index (χ2n) is 2.78. The summed E-state index contributed by atoms with van der Waals surface area (Å²) in [7, 11) is 0. The van der Waals surface area contributed by atoms with Crippen LogP contribution in [-0.2, 0) is 0 Å². The van der Waals surface area contributed by atoms with Gasteiger partial charge in [0.15, 0.2) is 11.5 Å². The van der Waals surface area contributed by atoms with Crippen molar-refractivity contribution in [1.29, 1.82) is 0 Å². The Bertz CT molecular complexity index is 285. The molecule has 0 saturated carbocycles. The van der Waals surface area contributed by atoms with Gasteiger partial charge < -0.3 is 20.4 Å². The number of rotatable bonds is 3. The summed E-state index contributed by atoms with van der Waals surface area (Å²) in [6.07, 6.45) is -0.596. The van der Waals surface area contributed by atoms with Crippen LogP contribution in [0.4, 0.5) is 0 Å². The van der Waals surface area contributed by atoms with E-state index in [0.717, 1.165) is 0 Å². The molecule has 72 valence electrons. The molecule has 0 aromatic heterocycles. The predicted octanol–water partition coefficient (Wildman–Crippen LogP) is 0.514. The van der Waals surface area contributed by atoms with Crippen LogP contribution in [0.3, 0.4) is 0 Å². The van der Waals surface area contributed by atoms with Gasteiger partial charge in [-0.3, -0.25) is 0 Å². The molecule has 0 aliphatic carbocycles. The summed E-state index contributed by atoms with van der Waals surface area (Å²) < 4.78 is 0. The maximum Gasteiger partial charge on any atom is 0.157 e. The van der Waals surface area contributed by atoms with E-state index in [1.54, 1.807) is 0 Å². The molecule has 0 saturated heterocycles. The summed E-state index contributed by atoms with van der Waals surface area (Å²) in [6, 6.07) is 4.07. The van der Waals surface area contributed by atoms with Gasteiger partial charge in [-0.25, -0.2) is 0 Å². The zero-order valence-corrected chi connectivity index (χ0v) is 7.01. The molecule has 4 nitrogen and oxygen atoms in total. The van der Waals surface area contributed by atoms with Gasteiger partial charge in [-0.05, 0) is 17.7 Å². The Kier molecular flexibility index (Phi) is 3.11. The molecule has 1 aromatic carbocycles. The van der Waals surface area contributed by atoms with Crippen molar-refractivity contribution in [3.05, 3.63) is 23.8 Å². The smallest absolute Gasteiger partial charge is 0.157 e. The molecule has 4 heteroatoms. The topological polar surface area (TPSA) is 80.9 Å². The highest BCUT2D eigenvalue weighted by atomic mass is 16.3. The third-order valence-electron chi connectivity index (χ3n) is 1.79. The summed E-state index contributed by atoms with van der Waals surface area (Å²) in [5.74, 6) is -0.491. The number of benzene rings is 1. The predicted molar refractivity (Wildman–Crippen MR) is 46.4 cm³/mol. The first-order chi connectivity index (χ1) is 6.15. The van der Waals surface area contributed by atoms with E-state index in [1.165, 1.54) is 18.2 Å². The van der Waals surface area contributed by atoms with Crippen molar-refractivity contribution in [3.8, 4) is 11.5 Å². The summed E-state index contributed by atoms with van der Waals surface area (Å²) in [4.78, 5) is 0. The van der Waals surface area contributed by atoms with Crippen molar-refractivity contribution >= 4 is 0 Å². The summed E-state index contributed by atoms with van der Waals surface area (Å²) in [5, 5.41) is 36.0. The minimum absolute atomic E-state index is 0.122. The number of phenolic OH excluding ortho intramolecular Hbond substituents is 2. The Labute approximate surface area is 75.7 Å². The quantitative estimate of drug-likeness (QED) is 0.516. The molecule has 4 N–H and O–H groups in total. The Morgan fingerprint density at radius 1 is 1.15 bits per heavy atom. The van der Waals surface area contributed by atoms with E-state index in [4.69, 9.17) is 15.3 Å². The maximum atomic E-state index is 9.38. The van der Waals surface area contributed by atoms with Crippen LogP contribution in [0.15, 0.2) is 18.2 Å². The van der Waals surface area contributed by atoms with Crippen molar-refractivity contribution in [2.75, 3.05) is 6.61 Å². The highest BCUT2D eigenvalue weighted by Crippen LogP contribution is 2.28. The van der Waals surface area contributed by atoms with E-state index in [1.807, 2.05) is 0 Å². The van der Waals surface area contributed by atoms with Gasteiger partial charge in [0.1, 0.15) is 0 Å². The van der Waals surface area contributed by atoms with Crippen molar-refractivity contribution < 1.29 is 20.4 Å². The summed E-state index contributed by atoms with van der Waals surface area (Å²) in [5.41, 5.74) is 0.476. The fourth-order valence-corrected chi connectivity index (χ4v) is 1.04. The Hall–Kier alpha value is -1.26. The van der Waals surface area contributed by atoms with E-state index in [9.17, 15) is 5.11 Å². The molecule has 0 heterocycles. The maximum absolute atomic E-state index is 9.38. The lowest BCUT2D eigenvalue weighted by Gasteiger charge is -2.09. The van der Waals surface area contributed by atoms with Crippen LogP contribution in [0.25, 0.3) is 0 Å². The summed E-state index contributed by atoms with van der Waals surface area (Å²) in [6.45, 7) is -0.122. The molecule has 0 bridgehead atoms. The molecule has 1 unspecified atom stereocenters. The standard InChI is InChI=1S/C9H12O4/c10-4-3-7(11)6-1-2-8(12)9(13)5-6/h1-2,5,7,10-13H,3-4H2. The van der Waals surface area contributed by atoms with Crippen molar-refractivity contribution in [1.82, 2.24) is 0 Å². The SMILES string of the molecule is OCCC(O)c1ccc(O)c(O)c1. The van der Waals surface area contributed by atoms with E-state index >= 15 is 0 Å². The van der Waals surface area contributed by atoms with E-state index < -0.39 is 6.10 Å². The number of aliphatic hydroxyl groups is 2. The van der Waals surface area contributed by atoms with Crippen LogP contribution in [0.2, 0.25) is 0 Å². The minimum atomic E-state index is -0.809. The molecule has 0 radical (unpaired) electrons. The molecular weight excluding hydrogens is 172 g/mol. The Balaban J connectivity index is 2.84. The minimum Gasteiger partial charge on any atom is -0.504 e. The number of aliphatic hydroxyl groups excluding tert-OH is 2. The van der Waals surface area contributed by atoms with Crippen molar-refractivity contribution in [3.63, 3.8) is 0 Å². The molecule has 0 spiro atoms. The first-order valence-corrected chi connectivity index (χ1v) is 3.96. The second-order valence-corrected chi connectivity index (χ2v) is 2.78. The van der Waals surface area contributed by atoms with Crippen molar-refractivity contribution in [2.24, 2.45) is 0 Å². The van der Waals surface area contributed by atoms with Gasteiger partial charge >= 0.3 is 0 Å². The van der Waals surface area contributed by atoms with E-state index in [-0.39, 0.29) is 24.5 Å². The van der Waals surface area contributed by atoms with Crippen LogP contribution in [-0.4, -0.2) is 27.0 Å². The lowest BCUT2D eigenvalue weighted by atomic mass is 10.1.